The Balaban J connectivity index is 1.29. The van der Waals surface area contributed by atoms with E-state index in [9.17, 15) is 0 Å². The second kappa shape index (κ2) is 11.8. The summed E-state index contributed by atoms with van der Waals surface area (Å²) in [5.41, 5.74) is 12.2. The number of hydrogen-bond donors (Lipinski definition) is 0. The molecule has 0 bridgehead atoms. The fourth-order valence-corrected chi connectivity index (χ4v) is 6.92. The minimum absolute atomic E-state index is 0.900. The monoisotopic (exact) mass is 613 g/mol. The Morgan fingerprint density at radius 1 is 0.354 bits per heavy atom. The largest absolute Gasteiger partial charge is 0.456 e. The van der Waals surface area contributed by atoms with Gasteiger partial charge in [-0.2, -0.15) is 0 Å². The van der Waals surface area contributed by atoms with Crippen LogP contribution in [0.1, 0.15) is 0 Å². The van der Waals surface area contributed by atoms with Gasteiger partial charge in [0.1, 0.15) is 11.2 Å². The highest BCUT2D eigenvalue weighted by atomic mass is 16.3. The highest BCUT2D eigenvalue weighted by Crippen LogP contribution is 2.45. The molecule has 0 aliphatic carbocycles. The Labute approximate surface area is 279 Å². The van der Waals surface area contributed by atoms with Gasteiger partial charge in [-0.25, -0.2) is 0 Å². The SMILES string of the molecule is c1ccc(-c2ccc(N(c3ccc4ccc5oc6ccccc6c5c4c3)c3ccc(-c4ccccc4)cc3-c3ccccc3)cc2)cc1. The number of anilines is 3. The van der Waals surface area contributed by atoms with Gasteiger partial charge >= 0.3 is 0 Å². The predicted octanol–water partition coefficient (Wildman–Crippen LogP) is 13.2. The molecule has 0 unspecified atom stereocenters. The molecule has 0 aliphatic rings. The Morgan fingerprint density at radius 3 is 1.65 bits per heavy atom. The van der Waals surface area contributed by atoms with E-state index in [1.54, 1.807) is 0 Å². The zero-order chi connectivity index (χ0) is 31.9. The van der Waals surface area contributed by atoms with Crippen molar-refractivity contribution in [2.24, 2.45) is 0 Å². The van der Waals surface area contributed by atoms with Crippen molar-refractivity contribution in [2.75, 3.05) is 4.90 Å². The lowest BCUT2D eigenvalue weighted by atomic mass is 9.95. The second-order valence-electron chi connectivity index (χ2n) is 12.2. The molecule has 9 aromatic rings. The van der Waals surface area contributed by atoms with Crippen LogP contribution in [0.4, 0.5) is 17.1 Å². The zero-order valence-electron chi connectivity index (χ0n) is 26.3. The lowest BCUT2D eigenvalue weighted by Gasteiger charge is -2.29. The molecule has 9 rings (SSSR count). The lowest BCUT2D eigenvalue weighted by molar-refractivity contribution is 0.669. The number of benzene rings is 8. The minimum atomic E-state index is 0.900. The van der Waals surface area contributed by atoms with Gasteiger partial charge in [-0.05, 0) is 87.1 Å². The van der Waals surface area contributed by atoms with Crippen molar-refractivity contribution in [3.05, 3.63) is 188 Å². The van der Waals surface area contributed by atoms with Crippen molar-refractivity contribution in [3.8, 4) is 33.4 Å². The van der Waals surface area contributed by atoms with E-state index in [4.69, 9.17) is 4.42 Å². The summed E-state index contributed by atoms with van der Waals surface area (Å²) in [4.78, 5) is 2.40. The van der Waals surface area contributed by atoms with Crippen molar-refractivity contribution < 1.29 is 4.42 Å². The van der Waals surface area contributed by atoms with E-state index in [1.807, 2.05) is 12.1 Å². The molecule has 2 nitrogen and oxygen atoms in total. The van der Waals surface area contributed by atoms with E-state index in [-0.39, 0.29) is 0 Å². The first-order chi connectivity index (χ1) is 23.8. The normalized spacial score (nSPS) is 11.3. The summed E-state index contributed by atoms with van der Waals surface area (Å²) in [7, 11) is 0. The first kappa shape index (κ1) is 27.9. The number of para-hydroxylation sites is 1. The maximum atomic E-state index is 6.30. The van der Waals surface area contributed by atoms with Crippen molar-refractivity contribution in [3.63, 3.8) is 0 Å². The van der Waals surface area contributed by atoms with Crippen LogP contribution in [0.25, 0.3) is 66.1 Å². The summed E-state index contributed by atoms with van der Waals surface area (Å²) in [5.74, 6) is 0. The van der Waals surface area contributed by atoms with Crippen molar-refractivity contribution >= 4 is 49.8 Å². The molecule has 8 aromatic carbocycles. The number of rotatable bonds is 6. The van der Waals surface area contributed by atoms with E-state index in [0.29, 0.717) is 0 Å². The van der Waals surface area contributed by atoms with E-state index in [2.05, 4.69) is 181 Å². The summed E-state index contributed by atoms with van der Waals surface area (Å²) in [6.07, 6.45) is 0. The average molecular weight is 614 g/mol. The predicted molar refractivity (Wildman–Crippen MR) is 202 cm³/mol. The molecule has 0 saturated heterocycles. The summed E-state index contributed by atoms with van der Waals surface area (Å²) in [6.45, 7) is 0. The molecule has 0 saturated carbocycles. The van der Waals surface area contributed by atoms with Gasteiger partial charge in [-0.1, -0.05) is 140 Å². The first-order valence-electron chi connectivity index (χ1n) is 16.3. The summed E-state index contributed by atoms with van der Waals surface area (Å²) < 4.78 is 6.30. The molecule has 1 aromatic heterocycles. The lowest BCUT2D eigenvalue weighted by Crippen LogP contribution is -2.11. The van der Waals surface area contributed by atoms with E-state index in [0.717, 1.165) is 44.6 Å². The summed E-state index contributed by atoms with van der Waals surface area (Å²) >= 11 is 0. The topological polar surface area (TPSA) is 16.4 Å². The van der Waals surface area contributed by atoms with Crippen LogP contribution in [0.2, 0.25) is 0 Å². The molecular formula is C46H31NO. The molecule has 1 heterocycles. The zero-order valence-corrected chi connectivity index (χ0v) is 26.3. The molecule has 2 heteroatoms. The molecule has 0 fully saturated rings. The number of furan rings is 1. The van der Waals surface area contributed by atoms with Crippen LogP contribution in [0.3, 0.4) is 0 Å². The Morgan fingerprint density at radius 2 is 0.917 bits per heavy atom. The molecule has 0 atom stereocenters. The fraction of sp³-hybridized carbons (Fsp3) is 0. The molecule has 0 spiro atoms. The van der Waals surface area contributed by atoms with Crippen LogP contribution in [-0.2, 0) is 0 Å². The van der Waals surface area contributed by atoms with Crippen LogP contribution >= 0.6 is 0 Å². The standard InChI is InChI=1S/C46H31NO/c1-4-12-32(13-5-1)34-20-25-38(26-21-34)47(39-27-22-36-24-29-45-46(42(36)31-39)40-18-10-11-19-44(40)48-45)43-28-23-37(33-14-6-2-7-15-33)30-41(43)35-16-8-3-9-17-35/h1-31H. The third-order valence-electron chi connectivity index (χ3n) is 9.26. The van der Waals surface area contributed by atoms with Crippen molar-refractivity contribution in [1.82, 2.24) is 0 Å². The number of fused-ring (bicyclic) bond motifs is 5. The summed E-state index contributed by atoms with van der Waals surface area (Å²) in [5, 5.41) is 4.63. The highest BCUT2D eigenvalue weighted by molar-refractivity contribution is 6.19. The molecule has 0 aliphatic heterocycles. The molecular weight excluding hydrogens is 583 g/mol. The van der Waals surface area contributed by atoms with Crippen molar-refractivity contribution in [1.29, 1.82) is 0 Å². The van der Waals surface area contributed by atoms with Gasteiger partial charge in [-0.3, -0.25) is 0 Å². The molecule has 48 heavy (non-hydrogen) atoms. The van der Waals surface area contributed by atoms with E-state index < -0.39 is 0 Å². The van der Waals surface area contributed by atoms with Gasteiger partial charge < -0.3 is 9.32 Å². The smallest absolute Gasteiger partial charge is 0.136 e. The van der Waals surface area contributed by atoms with Gasteiger partial charge in [-0.15, -0.1) is 0 Å². The van der Waals surface area contributed by atoms with Crippen LogP contribution in [-0.4, -0.2) is 0 Å². The Hall–Kier alpha value is -6.38. The van der Waals surface area contributed by atoms with E-state index >= 15 is 0 Å². The molecule has 0 radical (unpaired) electrons. The number of nitrogens with zero attached hydrogens (tertiary/aromatic N) is 1. The third kappa shape index (κ3) is 4.92. The molecule has 0 amide bonds. The van der Waals surface area contributed by atoms with Crippen LogP contribution < -0.4 is 4.90 Å². The number of hydrogen-bond acceptors (Lipinski definition) is 2. The van der Waals surface area contributed by atoms with Crippen LogP contribution in [0.5, 0.6) is 0 Å². The van der Waals surface area contributed by atoms with Gasteiger partial charge in [0.15, 0.2) is 0 Å². The molecule has 0 N–H and O–H groups in total. The maximum Gasteiger partial charge on any atom is 0.136 e. The van der Waals surface area contributed by atoms with Crippen LogP contribution in [0.15, 0.2) is 192 Å². The van der Waals surface area contributed by atoms with Crippen molar-refractivity contribution in [2.45, 2.75) is 0 Å². The Bertz CT molecular complexity index is 2530. The Kier molecular flexibility index (Phi) is 6.84. The van der Waals surface area contributed by atoms with E-state index in [1.165, 1.54) is 38.6 Å². The fourth-order valence-electron chi connectivity index (χ4n) is 6.92. The van der Waals surface area contributed by atoms with Gasteiger partial charge in [0.05, 0.1) is 5.69 Å². The van der Waals surface area contributed by atoms with Crippen LogP contribution in [0, 0.1) is 0 Å². The quantitative estimate of drug-likeness (QED) is 0.185. The summed E-state index contributed by atoms with van der Waals surface area (Å²) in [6, 6.07) is 67.0. The second-order valence-corrected chi connectivity index (χ2v) is 12.2. The average Bonchev–Trinajstić information content (AvgIpc) is 3.56. The third-order valence-corrected chi connectivity index (χ3v) is 9.26. The highest BCUT2D eigenvalue weighted by Gasteiger charge is 2.20. The maximum absolute atomic E-state index is 6.30. The van der Waals surface area contributed by atoms with Gasteiger partial charge in [0.25, 0.3) is 0 Å². The van der Waals surface area contributed by atoms with Gasteiger partial charge in [0.2, 0.25) is 0 Å². The van der Waals surface area contributed by atoms with Gasteiger partial charge in [0, 0.05) is 27.7 Å². The minimum Gasteiger partial charge on any atom is -0.456 e. The molecule has 226 valence electrons. The first-order valence-corrected chi connectivity index (χ1v) is 16.3.